The molecule has 3 atom stereocenters. The second-order valence-corrected chi connectivity index (χ2v) is 5.18. The van der Waals surface area contributed by atoms with Crippen LogP contribution < -0.4 is 5.32 Å². The molecule has 1 aliphatic carbocycles. The highest BCUT2D eigenvalue weighted by Gasteiger charge is 2.24. The van der Waals surface area contributed by atoms with Crippen LogP contribution in [0.15, 0.2) is 16.8 Å². The van der Waals surface area contributed by atoms with Crippen LogP contribution in [0.1, 0.15) is 44.2 Å². The molecule has 0 amide bonds. The highest BCUT2D eigenvalue weighted by atomic mass is 32.1. The lowest BCUT2D eigenvalue weighted by molar-refractivity contribution is 0.0860. The number of hydrogen-bond acceptors (Lipinski definition) is 3. The summed E-state index contributed by atoms with van der Waals surface area (Å²) in [5.74, 6) is 0. The summed E-state index contributed by atoms with van der Waals surface area (Å²) in [6, 6.07) is 2.79. The Balaban J connectivity index is 1.90. The van der Waals surface area contributed by atoms with Crippen molar-refractivity contribution < 1.29 is 5.11 Å². The minimum atomic E-state index is -0.153. The second kappa shape index (κ2) is 5.10. The van der Waals surface area contributed by atoms with E-state index in [2.05, 4.69) is 29.1 Å². The Morgan fingerprint density at radius 2 is 2.27 bits per heavy atom. The molecule has 0 radical (unpaired) electrons. The summed E-state index contributed by atoms with van der Waals surface area (Å²) >= 11 is 1.73. The van der Waals surface area contributed by atoms with E-state index in [1.165, 1.54) is 18.4 Å². The fourth-order valence-electron chi connectivity index (χ4n) is 2.24. The maximum atomic E-state index is 9.86. The molecule has 2 N–H and O–H groups in total. The molecule has 1 heterocycles. The third-order valence-corrected chi connectivity index (χ3v) is 3.94. The summed E-state index contributed by atoms with van der Waals surface area (Å²) in [6.45, 7) is 2.17. The molecule has 1 fully saturated rings. The maximum absolute atomic E-state index is 9.86. The number of aliphatic hydroxyl groups excluding tert-OH is 1. The summed E-state index contributed by atoms with van der Waals surface area (Å²) in [5, 5.41) is 17.7. The molecule has 15 heavy (non-hydrogen) atoms. The first-order valence-electron chi connectivity index (χ1n) is 5.73. The van der Waals surface area contributed by atoms with Crippen LogP contribution in [0.3, 0.4) is 0 Å². The van der Waals surface area contributed by atoms with E-state index < -0.39 is 0 Å². The minimum absolute atomic E-state index is 0.153. The van der Waals surface area contributed by atoms with E-state index in [1.54, 1.807) is 11.3 Å². The Kier molecular flexibility index (Phi) is 3.78. The maximum Gasteiger partial charge on any atom is 0.0693 e. The fourth-order valence-corrected chi connectivity index (χ4v) is 3.00. The van der Waals surface area contributed by atoms with Crippen molar-refractivity contribution in [1.29, 1.82) is 0 Å². The average molecular weight is 225 g/mol. The SMILES string of the molecule is CC(NC1CCCCC1O)c1ccsc1. The zero-order valence-electron chi connectivity index (χ0n) is 9.15. The summed E-state index contributed by atoms with van der Waals surface area (Å²) in [6.07, 6.45) is 4.32. The van der Waals surface area contributed by atoms with Gasteiger partial charge in [0.2, 0.25) is 0 Å². The van der Waals surface area contributed by atoms with Gasteiger partial charge in [-0.05, 0) is 42.2 Å². The van der Waals surface area contributed by atoms with Crippen LogP contribution in [-0.2, 0) is 0 Å². The van der Waals surface area contributed by atoms with Gasteiger partial charge in [-0.1, -0.05) is 12.8 Å². The molecule has 1 aliphatic rings. The van der Waals surface area contributed by atoms with E-state index in [0.29, 0.717) is 6.04 Å². The van der Waals surface area contributed by atoms with Crippen LogP contribution in [-0.4, -0.2) is 17.3 Å². The number of thiophene rings is 1. The summed E-state index contributed by atoms with van der Waals surface area (Å²) in [5.41, 5.74) is 1.33. The van der Waals surface area contributed by atoms with Crippen molar-refractivity contribution in [1.82, 2.24) is 5.32 Å². The highest BCUT2D eigenvalue weighted by Crippen LogP contribution is 2.22. The molecule has 3 unspecified atom stereocenters. The normalized spacial score (nSPS) is 28.9. The molecular weight excluding hydrogens is 206 g/mol. The van der Waals surface area contributed by atoms with Gasteiger partial charge in [0.15, 0.2) is 0 Å². The standard InChI is InChI=1S/C12H19NOS/c1-9(10-6-7-15-8-10)13-11-4-2-3-5-12(11)14/h6-9,11-14H,2-5H2,1H3. The summed E-state index contributed by atoms with van der Waals surface area (Å²) < 4.78 is 0. The largest absolute Gasteiger partial charge is 0.392 e. The Morgan fingerprint density at radius 3 is 2.93 bits per heavy atom. The molecule has 0 aromatic carbocycles. The summed E-state index contributed by atoms with van der Waals surface area (Å²) in [4.78, 5) is 0. The van der Waals surface area contributed by atoms with Gasteiger partial charge in [0.1, 0.15) is 0 Å². The number of aliphatic hydroxyl groups is 1. The minimum Gasteiger partial charge on any atom is -0.392 e. The van der Waals surface area contributed by atoms with Gasteiger partial charge in [0.05, 0.1) is 6.10 Å². The third-order valence-electron chi connectivity index (χ3n) is 3.24. The zero-order chi connectivity index (χ0) is 10.7. The van der Waals surface area contributed by atoms with E-state index in [1.807, 2.05) is 0 Å². The first-order valence-corrected chi connectivity index (χ1v) is 6.68. The van der Waals surface area contributed by atoms with Crippen molar-refractivity contribution in [2.45, 2.75) is 50.8 Å². The van der Waals surface area contributed by atoms with Crippen molar-refractivity contribution >= 4 is 11.3 Å². The molecule has 2 rings (SSSR count). The molecule has 84 valence electrons. The smallest absolute Gasteiger partial charge is 0.0693 e. The van der Waals surface area contributed by atoms with E-state index in [0.717, 1.165) is 12.8 Å². The van der Waals surface area contributed by atoms with Gasteiger partial charge >= 0.3 is 0 Å². The van der Waals surface area contributed by atoms with Crippen LogP contribution in [0, 0.1) is 0 Å². The second-order valence-electron chi connectivity index (χ2n) is 4.40. The lowest BCUT2D eigenvalue weighted by Gasteiger charge is -2.31. The Morgan fingerprint density at radius 1 is 1.47 bits per heavy atom. The van der Waals surface area contributed by atoms with Gasteiger partial charge in [0.25, 0.3) is 0 Å². The Hall–Kier alpha value is -0.380. The molecule has 0 bridgehead atoms. The fraction of sp³-hybridized carbons (Fsp3) is 0.667. The Labute approximate surface area is 95.3 Å². The molecule has 0 aliphatic heterocycles. The first-order chi connectivity index (χ1) is 7.27. The molecule has 1 aromatic rings. The quantitative estimate of drug-likeness (QED) is 0.829. The van der Waals surface area contributed by atoms with Gasteiger partial charge in [-0.15, -0.1) is 0 Å². The molecule has 1 aromatic heterocycles. The predicted octanol–water partition coefficient (Wildman–Crippen LogP) is 2.70. The topological polar surface area (TPSA) is 32.3 Å². The van der Waals surface area contributed by atoms with Crippen molar-refractivity contribution in [2.24, 2.45) is 0 Å². The van der Waals surface area contributed by atoms with Crippen LogP contribution in [0.25, 0.3) is 0 Å². The number of nitrogens with one attached hydrogen (secondary N) is 1. The molecule has 3 heteroatoms. The third kappa shape index (κ3) is 2.80. The average Bonchev–Trinajstić information content (AvgIpc) is 2.74. The van der Waals surface area contributed by atoms with Crippen LogP contribution >= 0.6 is 11.3 Å². The van der Waals surface area contributed by atoms with Gasteiger partial charge in [-0.25, -0.2) is 0 Å². The lowest BCUT2D eigenvalue weighted by Crippen LogP contribution is -2.43. The molecule has 0 saturated heterocycles. The van der Waals surface area contributed by atoms with Crippen LogP contribution in [0.2, 0.25) is 0 Å². The van der Waals surface area contributed by atoms with Crippen LogP contribution in [0.5, 0.6) is 0 Å². The van der Waals surface area contributed by atoms with E-state index >= 15 is 0 Å². The zero-order valence-corrected chi connectivity index (χ0v) is 9.96. The van der Waals surface area contributed by atoms with Gasteiger partial charge in [-0.2, -0.15) is 11.3 Å². The lowest BCUT2D eigenvalue weighted by atomic mass is 9.92. The molecular formula is C12H19NOS. The molecule has 0 spiro atoms. The van der Waals surface area contributed by atoms with Gasteiger partial charge in [-0.3, -0.25) is 0 Å². The van der Waals surface area contributed by atoms with Crippen molar-refractivity contribution in [3.8, 4) is 0 Å². The van der Waals surface area contributed by atoms with E-state index in [-0.39, 0.29) is 12.1 Å². The van der Waals surface area contributed by atoms with Crippen molar-refractivity contribution in [3.63, 3.8) is 0 Å². The number of rotatable bonds is 3. The Bertz CT molecular complexity index is 286. The first kappa shape index (κ1) is 11.1. The number of hydrogen-bond donors (Lipinski definition) is 2. The summed E-state index contributed by atoms with van der Waals surface area (Å²) in [7, 11) is 0. The monoisotopic (exact) mass is 225 g/mol. The molecule has 2 nitrogen and oxygen atoms in total. The van der Waals surface area contributed by atoms with Crippen molar-refractivity contribution in [3.05, 3.63) is 22.4 Å². The van der Waals surface area contributed by atoms with Crippen LogP contribution in [0.4, 0.5) is 0 Å². The van der Waals surface area contributed by atoms with Crippen molar-refractivity contribution in [2.75, 3.05) is 0 Å². The van der Waals surface area contributed by atoms with Gasteiger partial charge < -0.3 is 10.4 Å². The molecule has 1 saturated carbocycles. The van der Waals surface area contributed by atoms with E-state index in [4.69, 9.17) is 0 Å². The predicted molar refractivity (Wildman–Crippen MR) is 64.1 cm³/mol. The van der Waals surface area contributed by atoms with E-state index in [9.17, 15) is 5.11 Å². The van der Waals surface area contributed by atoms with Gasteiger partial charge in [0, 0.05) is 12.1 Å². The highest BCUT2D eigenvalue weighted by molar-refractivity contribution is 7.07.